The SMILES string of the molecule is CC1CNCCN1c1nc(OC[C@@H]2C[C@@H](F)CN2C)nc2c(=O)n(-c3cccc4cccc(Cl)c34)c(C(F)(F)F)nc12. The van der Waals surface area contributed by atoms with Crippen LogP contribution in [0.3, 0.4) is 0 Å². The summed E-state index contributed by atoms with van der Waals surface area (Å²) in [5, 5.41) is 4.23. The number of benzene rings is 2. The summed E-state index contributed by atoms with van der Waals surface area (Å²) < 4.78 is 64.3. The average molecular weight is 606 g/mol. The lowest BCUT2D eigenvalue weighted by Crippen LogP contribution is -2.50. The normalized spacial score (nSPS) is 21.9. The monoisotopic (exact) mass is 605 g/mol. The minimum absolute atomic E-state index is 0.0418. The summed E-state index contributed by atoms with van der Waals surface area (Å²) >= 11 is 6.44. The largest absolute Gasteiger partial charge is 0.462 e. The predicted octanol–water partition coefficient (Wildman–Crippen LogP) is 4.22. The third-order valence-corrected chi connectivity index (χ3v) is 8.14. The van der Waals surface area contributed by atoms with Crippen LogP contribution >= 0.6 is 11.6 Å². The standard InChI is InChI=1S/C28H28ClF4N7O2/c1-15-12-34-9-10-39(15)24-22-23(36-27(37-24)42-14-18-11-17(30)13-38(18)2)25(41)40(26(35-22)28(31,32)33)20-8-4-6-16-5-3-7-19(29)21(16)20/h3-8,15,17-18,34H,9-14H2,1-2H3/t15?,17-,18+/m1/s1. The molecule has 4 heterocycles. The molecule has 14 heteroatoms. The molecule has 0 aliphatic carbocycles. The van der Waals surface area contributed by atoms with Crippen LogP contribution in [-0.4, -0.2) is 82.5 Å². The van der Waals surface area contributed by atoms with Gasteiger partial charge in [0.1, 0.15) is 18.3 Å². The molecule has 2 fully saturated rings. The molecule has 6 rings (SSSR count). The lowest BCUT2D eigenvalue weighted by molar-refractivity contribution is -0.146. The highest BCUT2D eigenvalue weighted by Crippen LogP contribution is 2.36. The fraction of sp³-hybridized carbons (Fsp3) is 0.429. The highest BCUT2D eigenvalue weighted by atomic mass is 35.5. The molecule has 0 amide bonds. The Kier molecular flexibility index (Phi) is 7.44. The first-order valence-electron chi connectivity index (χ1n) is 13.6. The predicted molar refractivity (Wildman–Crippen MR) is 152 cm³/mol. The van der Waals surface area contributed by atoms with Crippen LogP contribution < -0.4 is 20.5 Å². The molecule has 0 bridgehead atoms. The third-order valence-electron chi connectivity index (χ3n) is 7.82. The molecule has 0 saturated carbocycles. The molecule has 2 saturated heterocycles. The van der Waals surface area contributed by atoms with E-state index in [0.717, 1.165) is 0 Å². The molecule has 2 aliphatic rings. The van der Waals surface area contributed by atoms with Crippen molar-refractivity contribution in [1.82, 2.24) is 29.7 Å². The molecule has 222 valence electrons. The van der Waals surface area contributed by atoms with Crippen molar-refractivity contribution in [2.75, 3.05) is 44.7 Å². The number of alkyl halides is 4. The molecule has 3 atom stereocenters. The van der Waals surface area contributed by atoms with E-state index in [4.69, 9.17) is 16.3 Å². The Morgan fingerprint density at radius 2 is 1.88 bits per heavy atom. The summed E-state index contributed by atoms with van der Waals surface area (Å²) in [6.45, 7) is 3.70. The fourth-order valence-electron chi connectivity index (χ4n) is 5.71. The van der Waals surface area contributed by atoms with Gasteiger partial charge in [0.05, 0.1) is 10.7 Å². The maximum atomic E-state index is 14.7. The number of piperazine rings is 1. The molecule has 9 nitrogen and oxygen atoms in total. The molecule has 2 aromatic heterocycles. The molecule has 1 N–H and O–H groups in total. The van der Waals surface area contributed by atoms with E-state index in [0.29, 0.717) is 29.6 Å². The summed E-state index contributed by atoms with van der Waals surface area (Å²) in [5.41, 5.74) is -1.74. The molecule has 1 unspecified atom stereocenters. The minimum Gasteiger partial charge on any atom is -0.462 e. The lowest BCUT2D eigenvalue weighted by Gasteiger charge is -2.35. The highest BCUT2D eigenvalue weighted by Gasteiger charge is 2.40. The summed E-state index contributed by atoms with van der Waals surface area (Å²) in [7, 11) is 1.78. The summed E-state index contributed by atoms with van der Waals surface area (Å²) in [6.07, 6.45) is -5.74. The third kappa shape index (κ3) is 5.13. The number of nitrogens with one attached hydrogen (secondary N) is 1. The summed E-state index contributed by atoms with van der Waals surface area (Å²) in [5.74, 6) is -1.35. The van der Waals surface area contributed by atoms with E-state index >= 15 is 0 Å². The number of aromatic nitrogens is 4. The van der Waals surface area contributed by atoms with E-state index in [-0.39, 0.29) is 70.6 Å². The average Bonchev–Trinajstić information content (AvgIpc) is 3.27. The summed E-state index contributed by atoms with van der Waals surface area (Å²) in [6, 6.07) is 8.91. The van der Waals surface area contributed by atoms with Gasteiger partial charge >= 0.3 is 12.2 Å². The van der Waals surface area contributed by atoms with Gasteiger partial charge in [-0.2, -0.15) is 23.1 Å². The fourth-order valence-corrected chi connectivity index (χ4v) is 5.99. The maximum Gasteiger partial charge on any atom is 0.450 e. The van der Waals surface area contributed by atoms with Gasteiger partial charge in [0, 0.05) is 43.6 Å². The highest BCUT2D eigenvalue weighted by molar-refractivity contribution is 6.36. The van der Waals surface area contributed by atoms with Crippen molar-refractivity contribution < 1.29 is 22.3 Å². The second kappa shape index (κ2) is 10.9. The van der Waals surface area contributed by atoms with Crippen LogP contribution in [0.1, 0.15) is 19.2 Å². The first kappa shape index (κ1) is 28.6. The maximum absolute atomic E-state index is 14.7. The van der Waals surface area contributed by atoms with Crippen molar-refractivity contribution in [2.45, 2.75) is 37.8 Å². The zero-order chi connectivity index (χ0) is 29.8. The molecular weight excluding hydrogens is 578 g/mol. The van der Waals surface area contributed by atoms with Crippen LogP contribution in [0.5, 0.6) is 6.01 Å². The minimum atomic E-state index is -5.01. The molecule has 2 aliphatic heterocycles. The quantitative estimate of drug-likeness (QED) is 0.339. The number of rotatable bonds is 5. The summed E-state index contributed by atoms with van der Waals surface area (Å²) in [4.78, 5) is 30.5. The molecule has 42 heavy (non-hydrogen) atoms. The number of fused-ring (bicyclic) bond motifs is 2. The van der Waals surface area contributed by atoms with Crippen molar-refractivity contribution in [1.29, 1.82) is 0 Å². The van der Waals surface area contributed by atoms with Gasteiger partial charge in [-0.15, -0.1) is 0 Å². The van der Waals surface area contributed by atoms with E-state index in [2.05, 4.69) is 20.3 Å². The molecule has 4 aromatic rings. The van der Waals surface area contributed by atoms with Crippen molar-refractivity contribution >= 4 is 39.2 Å². The Balaban J connectivity index is 1.60. The van der Waals surface area contributed by atoms with E-state index < -0.39 is 23.7 Å². The van der Waals surface area contributed by atoms with Gasteiger partial charge in [0.15, 0.2) is 11.3 Å². The van der Waals surface area contributed by atoms with Crippen molar-refractivity contribution in [3.63, 3.8) is 0 Å². The van der Waals surface area contributed by atoms with Crippen LogP contribution in [0.2, 0.25) is 5.02 Å². The van der Waals surface area contributed by atoms with Crippen LogP contribution in [0.25, 0.3) is 27.5 Å². The second-order valence-corrected chi connectivity index (χ2v) is 11.1. The van der Waals surface area contributed by atoms with Crippen LogP contribution in [0.4, 0.5) is 23.4 Å². The smallest absolute Gasteiger partial charge is 0.450 e. The van der Waals surface area contributed by atoms with Gasteiger partial charge in [-0.1, -0.05) is 35.9 Å². The number of halogens is 5. The Labute approximate surface area is 243 Å². The first-order chi connectivity index (χ1) is 20.0. The number of likely N-dealkylation sites (tertiary alicyclic amines) is 1. The topological polar surface area (TPSA) is 88.4 Å². The Bertz CT molecular complexity index is 1710. The second-order valence-electron chi connectivity index (χ2n) is 10.7. The van der Waals surface area contributed by atoms with Crippen molar-refractivity contribution in [2.24, 2.45) is 0 Å². The lowest BCUT2D eigenvalue weighted by atomic mass is 10.1. The van der Waals surface area contributed by atoms with E-state index in [1.165, 1.54) is 6.07 Å². The van der Waals surface area contributed by atoms with E-state index in [1.54, 1.807) is 42.3 Å². The van der Waals surface area contributed by atoms with Crippen LogP contribution in [0, 0.1) is 0 Å². The number of likely N-dealkylation sites (N-methyl/N-ethyl adjacent to an activating group) is 1. The number of anilines is 1. The van der Waals surface area contributed by atoms with Crippen molar-refractivity contribution in [3.8, 4) is 11.7 Å². The van der Waals surface area contributed by atoms with E-state index in [1.807, 2.05) is 11.8 Å². The Morgan fingerprint density at radius 1 is 1.12 bits per heavy atom. The van der Waals surface area contributed by atoms with Gasteiger partial charge in [0.25, 0.3) is 5.56 Å². The Morgan fingerprint density at radius 3 is 2.57 bits per heavy atom. The van der Waals surface area contributed by atoms with Gasteiger partial charge in [-0.05, 0) is 37.9 Å². The zero-order valence-electron chi connectivity index (χ0n) is 22.8. The van der Waals surface area contributed by atoms with Gasteiger partial charge < -0.3 is 15.0 Å². The number of hydrogen-bond acceptors (Lipinski definition) is 8. The molecule has 2 aromatic carbocycles. The molecular formula is C28H28ClF4N7O2. The number of ether oxygens (including phenoxy) is 1. The van der Waals surface area contributed by atoms with E-state index in [9.17, 15) is 22.4 Å². The van der Waals surface area contributed by atoms with Gasteiger partial charge in [-0.25, -0.2) is 9.37 Å². The zero-order valence-corrected chi connectivity index (χ0v) is 23.6. The Hall–Kier alpha value is -3.55. The van der Waals surface area contributed by atoms with Crippen LogP contribution in [-0.2, 0) is 6.18 Å². The number of hydrogen-bond donors (Lipinski definition) is 1. The molecule has 0 radical (unpaired) electrons. The van der Waals surface area contributed by atoms with Gasteiger partial charge in [-0.3, -0.25) is 14.3 Å². The van der Waals surface area contributed by atoms with Gasteiger partial charge in [0.2, 0.25) is 5.82 Å². The first-order valence-corrected chi connectivity index (χ1v) is 13.9. The van der Waals surface area contributed by atoms with Crippen LogP contribution in [0.15, 0.2) is 41.2 Å². The molecule has 0 spiro atoms. The number of nitrogens with zero attached hydrogens (tertiary/aromatic N) is 6. The van der Waals surface area contributed by atoms with Crippen molar-refractivity contribution in [3.05, 3.63) is 57.6 Å².